The van der Waals surface area contributed by atoms with Crippen molar-refractivity contribution in [1.29, 1.82) is 0 Å². The molecule has 0 bridgehead atoms. The number of phenols is 2. The Bertz CT molecular complexity index is 1210. The number of hydrogen-bond acceptors (Lipinski definition) is 4. The molecule has 3 aromatic carbocycles. The summed E-state index contributed by atoms with van der Waals surface area (Å²) in [4.78, 5) is 0. The first-order chi connectivity index (χ1) is 13.5. The van der Waals surface area contributed by atoms with Crippen molar-refractivity contribution in [3.8, 4) is 11.5 Å². The van der Waals surface area contributed by atoms with E-state index in [1.165, 1.54) is 42.5 Å². The van der Waals surface area contributed by atoms with Crippen molar-refractivity contribution in [2.75, 3.05) is 0 Å². The van der Waals surface area contributed by atoms with Gasteiger partial charge in [-0.2, -0.15) is 8.42 Å². The van der Waals surface area contributed by atoms with Crippen LogP contribution in [0.1, 0.15) is 16.7 Å². The summed E-state index contributed by atoms with van der Waals surface area (Å²) in [6.07, 6.45) is 0. The number of benzene rings is 3. The summed E-state index contributed by atoms with van der Waals surface area (Å²) < 4.78 is 34.0. The minimum absolute atomic E-state index is 0.0139. The van der Waals surface area contributed by atoms with Crippen LogP contribution in [0.2, 0.25) is 20.1 Å². The van der Waals surface area contributed by atoms with Gasteiger partial charge in [0.15, 0.2) is 16.2 Å². The zero-order chi connectivity index (χ0) is 21.6. The van der Waals surface area contributed by atoms with Crippen LogP contribution < -0.4 is 0 Å². The highest BCUT2D eigenvalue weighted by molar-refractivity contribution is 7.87. The van der Waals surface area contributed by atoms with E-state index >= 15 is 0 Å². The monoisotopic (exact) mass is 492 g/mol. The van der Waals surface area contributed by atoms with E-state index in [0.717, 1.165) is 6.07 Å². The van der Waals surface area contributed by atoms with Crippen LogP contribution in [0.5, 0.6) is 11.5 Å². The van der Waals surface area contributed by atoms with Crippen LogP contribution in [0.3, 0.4) is 0 Å². The SMILES string of the molecule is O=S(=O)(O)C(c1ccccc1Cl)(c1cccc(Cl)c1Cl)c1c(Cl)ccc(O)c1O. The number of phenolic OH excluding ortho intramolecular Hbond substituents is 2. The summed E-state index contributed by atoms with van der Waals surface area (Å²) in [6, 6.07) is 12.1. The fraction of sp³-hybridized carbons (Fsp3) is 0.0526. The normalized spacial score (nSPS) is 13.8. The zero-order valence-corrected chi connectivity index (χ0v) is 18.1. The van der Waals surface area contributed by atoms with Crippen LogP contribution in [0.4, 0.5) is 0 Å². The van der Waals surface area contributed by atoms with Crippen LogP contribution in [-0.4, -0.2) is 23.2 Å². The summed E-state index contributed by atoms with van der Waals surface area (Å²) in [5, 5.41) is 20.1. The predicted molar refractivity (Wildman–Crippen MR) is 114 cm³/mol. The molecule has 5 nitrogen and oxygen atoms in total. The highest BCUT2D eigenvalue weighted by Crippen LogP contribution is 2.55. The van der Waals surface area contributed by atoms with E-state index in [-0.39, 0.29) is 31.2 Å². The second-order valence-electron chi connectivity index (χ2n) is 6.03. The van der Waals surface area contributed by atoms with Gasteiger partial charge >= 0.3 is 0 Å². The van der Waals surface area contributed by atoms with E-state index in [0.29, 0.717) is 0 Å². The Morgan fingerprint density at radius 3 is 1.93 bits per heavy atom. The minimum Gasteiger partial charge on any atom is -0.504 e. The smallest absolute Gasteiger partial charge is 0.283 e. The molecule has 29 heavy (non-hydrogen) atoms. The van der Waals surface area contributed by atoms with Gasteiger partial charge in [0.2, 0.25) is 0 Å². The van der Waals surface area contributed by atoms with E-state index in [4.69, 9.17) is 46.4 Å². The van der Waals surface area contributed by atoms with Gasteiger partial charge in [-0.3, -0.25) is 4.55 Å². The molecule has 152 valence electrons. The van der Waals surface area contributed by atoms with Gasteiger partial charge in [-0.15, -0.1) is 0 Å². The first kappa shape index (κ1) is 22.0. The van der Waals surface area contributed by atoms with Gasteiger partial charge < -0.3 is 10.2 Å². The molecular weight excluding hydrogens is 482 g/mol. The maximum atomic E-state index is 13.0. The van der Waals surface area contributed by atoms with Gasteiger partial charge in [-0.1, -0.05) is 76.7 Å². The lowest BCUT2D eigenvalue weighted by atomic mass is 9.83. The van der Waals surface area contributed by atoms with E-state index in [1.807, 2.05) is 0 Å². The summed E-state index contributed by atoms with van der Waals surface area (Å²) in [6.45, 7) is 0. The molecule has 0 aromatic heterocycles. The van der Waals surface area contributed by atoms with Gasteiger partial charge in [-0.05, 0) is 24.3 Å². The molecule has 1 atom stereocenters. The number of rotatable bonds is 4. The Morgan fingerprint density at radius 1 is 0.724 bits per heavy atom. The van der Waals surface area contributed by atoms with Gasteiger partial charge in [0.1, 0.15) is 0 Å². The molecule has 3 N–H and O–H groups in total. The van der Waals surface area contributed by atoms with Crippen LogP contribution in [0.15, 0.2) is 54.6 Å². The molecule has 0 amide bonds. The first-order valence-electron chi connectivity index (χ1n) is 7.91. The predicted octanol–water partition coefficient (Wildman–Crippen LogP) is 5.89. The standard InChI is InChI=1S/C19H12Cl4O5S/c20-12-6-2-1-4-10(12)19(29(26,27)28,11-5-3-7-14(22)17(11)23)16-13(21)8-9-15(24)18(16)25/h1-9,24-25H,(H,26,27,28). The zero-order valence-electron chi connectivity index (χ0n) is 14.3. The van der Waals surface area contributed by atoms with Gasteiger partial charge in [-0.25, -0.2) is 0 Å². The van der Waals surface area contributed by atoms with E-state index in [2.05, 4.69) is 0 Å². The molecular formula is C19H12Cl4O5S. The molecule has 3 aromatic rings. The molecule has 0 heterocycles. The molecule has 3 rings (SSSR count). The van der Waals surface area contributed by atoms with Crippen LogP contribution in [0, 0.1) is 0 Å². The molecule has 0 radical (unpaired) electrons. The molecule has 0 saturated carbocycles. The molecule has 0 aliphatic carbocycles. The Balaban J connectivity index is 2.71. The molecule has 0 fully saturated rings. The maximum absolute atomic E-state index is 13.0. The summed E-state index contributed by atoms with van der Waals surface area (Å²) in [5.41, 5.74) is -0.903. The third-order valence-electron chi connectivity index (χ3n) is 4.43. The van der Waals surface area contributed by atoms with Crippen molar-refractivity contribution in [2.24, 2.45) is 0 Å². The van der Waals surface area contributed by atoms with Crippen LogP contribution >= 0.6 is 46.4 Å². The minimum atomic E-state index is -5.19. The van der Waals surface area contributed by atoms with Gasteiger partial charge in [0.05, 0.1) is 15.1 Å². The molecule has 10 heteroatoms. The number of aromatic hydroxyl groups is 2. The number of halogens is 4. The second-order valence-corrected chi connectivity index (χ2v) is 9.19. The maximum Gasteiger partial charge on any atom is 0.283 e. The van der Waals surface area contributed by atoms with E-state index in [1.54, 1.807) is 6.07 Å². The second kappa shape index (κ2) is 7.87. The molecule has 0 spiro atoms. The van der Waals surface area contributed by atoms with Crippen molar-refractivity contribution in [1.82, 2.24) is 0 Å². The van der Waals surface area contributed by atoms with Crippen LogP contribution in [0.25, 0.3) is 0 Å². The van der Waals surface area contributed by atoms with Crippen molar-refractivity contribution in [3.05, 3.63) is 91.4 Å². The molecule has 1 unspecified atom stereocenters. The topological polar surface area (TPSA) is 94.8 Å². The third-order valence-corrected chi connectivity index (χ3v) is 7.31. The number of hydrogen-bond donors (Lipinski definition) is 3. The lowest BCUT2D eigenvalue weighted by Crippen LogP contribution is -2.39. The Kier molecular flexibility index (Phi) is 5.98. The van der Waals surface area contributed by atoms with Crippen molar-refractivity contribution < 1.29 is 23.2 Å². The average molecular weight is 494 g/mol. The fourth-order valence-electron chi connectivity index (χ4n) is 3.23. The highest BCUT2D eigenvalue weighted by atomic mass is 35.5. The average Bonchev–Trinajstić information content (AvgIpc) is 2.64. The molecule has 0 saturated heterocycles. The Morgan fingerprint density at radius 2 is 1.31 bits per heavy atom. The lowest BCUT2D eigenvalue weighted by molar-refractivity contribution is 0.394. The summed E-state index contributed by atoms with van der Waals surface area (Å²) >= 11 is 25.0. The molecule has 0 aliphatic heterocycles. The fourth-order valence-corrected chi connectivity index (χ4v) is 5.78. The van der Waals surface area contributed by atoms with Gasteiger partial charge in [0.25, 0.3) is 10.1 Å². The van der Waals surface area contributed by atoms with Crippen molar-refractivity contribution >= 4 is 56.5 Å². The Hall–Kier alpha value is -1.67. The first-order valence-corrected chi connectivity index (χ1v) is 10.9. The largest absolute Gasteiger partial charge is 0.504 e. The highest BCUT2D eigenvalue weighted by Gasteiger charge is 2.54. The lowest BCUT2D eigenvalue weighted by Gasteiger charge is -2.35. The summed E-state index contributed by atoms with van der Waals surface area (Å²) in [7, 11) is -5.19. The quantitative estimate of drug-likeness (QED) is 0.239. The van der Waals surface area contributed by atoms with E-state index in [9.17, 15) is 23.2 Å². The third kappa shape index (κ3) is 3.44. The van der Waals surface area contributed by atoms with Gasteiger partial charge in [0, 0.05) is 21.7 Å². The van der Waals surface area contributed by atoms with E-state index < -0.39 is 31.9 Å². The molecule has 0 aliphatic rings. The van der Waals surface area contributed by atoms with Crippen molar-refractivity contribution in [2.45, 2.75) is 4.75 Å². The summed E-state index contributed by atoms with van der Waals surface area (Å²) in [5.74, 6) is -1.53. The van der Waals surface area contributed by atoms with Crippen molar-refractivity contribution in [3.63, 3.8) is 0 Å². The van der Waals surface area contributed by atoms with Crippen LogP contribution in [-0.2, 0) is 14.9 Å². The Labute approximate surface area is 186 Å².